The number of hydrogen-bond acceptors (Lipinski definition) is 5. The average Bonchev–Trinajstić information content (AvgIpc) is 2.83. The van der Waals surface area contributed by atoms with E-state index in [1.807, 2.05) is 19.1 Å². The molecule has 7 nitrogen and oxygen atoms in total. The second-order valence-corrected chi connectivity index (χ2v) is 11.3. The van der Waals surface area contributed by atoms with Crippen LogP contribution in [-0.2, 0) is 25.8 Å². The topological polar surface area (TPSA) is 118 Å². The van der Waals surface area contributed by atoms with E-state index in [2.05, 4.69) is 0 Å². The van der Waals surface area contributed by atoms with Crippen LogP contribution in [0.2, 0.25) is 0 Å². The summed E-state index contributed by atoms with van der Waals surface area (Å²) < 4.78 is 28.0. The van der Waals surface area contributed by atoms with Crippen molar-refractivity contribution in [2.24, 2.45) is 11.7 Å². The second kappa shape index (κ2) is 9.19. The van der Waals surface area contributed by atoms with E-state index in [-0.39, 0.29) is 30.2 Å². The smallest absolute Gasteiger partial charge is 0.326 e. The first-order chi connectivity index (χ1) is 16.1. The molecule has 1 amide bonds. The van der Waals surface area contributed by atoms with Crippen molar-refractivity contribution in [1.82, 2.24) is 4.90 Å². The number of carbonyl (C=O) groups is 2. The van der Waals surface area contributed by atoms with Gasteiger partial charge in [-0.25, -0.2) is 13.2 Å². The van der Waals surface area contributed by atoms with Crippen LogP contribution in [0.1, 0.15) is 25.3 Å². The Morgan fingerprint density at radius 3 is 2.35 bits per heavy atom. The minimum Gasteiger partial charge on any atom is -0.480 e. The van der Waals surface area contributed by atoms with Gasteiger partial charge in [-0.3, -0.25) is 4.79 Å². The minimum atomic E-state index is -4.41. The van der Waals surface area contributed by atoms with E-state index in [0.717, 1.165) is 10.3 Å². The highest BCUT2D eigenvalue weighted by Gasteiger charge is 2.52. The van der Waals surface area contributed by atoms with E-state index in [4.69, 9.17) is 5.73 Å². The Morgan fingerprint density at radius 1 is 1.03 bits per heavy atom. The lowest BCUT2D eigenvalue weighted by molar-refractivity contribution is -0.154. The standard InChI is InChI=1S/C26H28N2O5S/c1-18-13-14-28(23(15-18)24(29)30)25(31)26(27,17-19-7-3-2-4-8-19)34(32,33)22-12-11-20-9-5-6-10-21(20)16-22/h2-12,16,18,23H,13-15,17,27H2,1H3,(H,29,30)/t18?,23?,26-/m1/s1. The Bertz CT molecular complexity index is 1330. The molecule has 3 aromatic rings. The van der Waals surface area contributed by atoms with Crippen LogP contribution in [0, 0.1) is 5.92 Å². The van der Waals surface area contributed by atoms with Crippen molar-refractivity contribution in [3.05, 3.63) is 78.4 Å². The molecule has 1 saturated heterocycles. The molecule has 0 bridgehead atoms. The van der Waals surface area contributed by atoms with Gasteiger partial charge in [-0.15, -0.1) is 0 Å². The molecule has 0 spiro atoms. The second-order valence-electron chi connectivity index (χ2n) is 9.05. The molecule has 8 heteroatoms. The molecule has 4 rings (SSSR count). The van der Waals surface area contributed by atoms with Gasteiger partial charge in [0.15, 0.2) is 0 Å². The highest BCUT2D eigenvalue weighted by atomic mass is 32.2. The van der Waals surface area contributed by atoms with Gasteiger partial charge in [-0.1, -0.05) is 67.6 Å². The monoisotopic (exact) mass is 480 g/mol. The maximum absolute atomic E-state index is 14.0. The SMILES string of the molecule is CC1CCN(C(=O)[C@@](N)(Cc2ccccc2)S(=O)(=O)c2ccc3ccccc3c2)C(C(=O)O)C1. The molecule has 34 heavy (non-hydrogen) atoms. The van der Waals surface area contributed by atoms with Gasteiger partial charge < -0.3 is 15.7 Å². The molecule has 2 unspecified atom stereocenters. The molecule has 3 aromatic carbocycles. The molecule has 1 aliphatic heterocycles. The molecule has 1 fully saturated rings. The lowest BCUT2D eigenvalue weighted by atomic mass is 9.91. The molecular weight excluding hydrogens is 452 g/mol. The van der Waals surface area contributed by atoms with Crippen molar-refractivity contribution >= 4 is 32.5 Å². The average molecular weight is 481 g/mol. The maximum atomic E-state index is 14.0. The summed E-state index contributed by atoms with van der Waals surface area (Å²) in [7, 11) is -4.41. The molecule has 1 aliphatic rings. The van der Waals surface area contributed by atoms with Gasteiger partial charge in [0, 0.05) is 13.0 Å². The van der Waals surface area contributed by atoms with E-state index in [9.17, 15) is 23.1 Å². The summed E-state index contributed by atoms with van der Waals surface area (Å²) in [5.41, 5.74) is 7.15. The zero-order chi connectivity index (χ0) is 24.5. The van der Waals surface area contributed by atoms with Crippen LogP contribution in [0.25, 0.3) is 10.8 Å². The first-order valence-electron chi connectivity index (χ1n) is 11.2. The molecule has 0 aromatic heterocycles. The van der Waals surface area contributed by atoms with Crippen molar-refractivity contribution in [2.75, 3.05) is 6.54 Å². The lowest BCUT2D eigenvalue weighted by Gasteiger charge is -2.41. The largest absolute Gasteiger partial charge is 0.480 e. The fourth-order valence-electron chi connectivity index (χ4n) is 4.59. The molecule has 1 heterocycles. The number of fused-ring (bicyclic) bond motifs is 1. The van der Waals surface area contributed by atoms with E-state index in [1.165, 1.54) is 12.1 Å². The Hall–Kier alpha value is -3.23. The first kappa shape index (κ1) is 23.9. The summed E-state index contributed by atoms with van der Waals surface area (Å²) in [6.45, 7) is 2.06. The molecule has 0 saturated carbocycles. The van der Waals surface area contributed by atoms with Crippen LogP contribution in [0.4, 0.5) is 0 Å². The number of carbonyl (C=O) groups excluding carboxylic acids is 1. The summed E-state index contributed by atoms with van der Waals surface area (Å²) in [5.74, 6) is -1.95. The van der Waals surface area contributed by atoms with E-state index < -0.39 is 32.6 Å². The Labute approximate surface area is 199 Å². The van der Waals surface area contributed by atoms with Crippen LogP contribution in [0.5, 0.6) is 0 Å². The van der Waals surface area contributed by atoms with Crippen molar-refractivity contribution in [2.45, 2.75) is 42.0 Å². The third-order valence-electron chi connectivity index (χ3n) is 6.59. The number of amides is 1. The number of piperidine rings is 1. The van der Waals surface area contributed by atoms with Gasteiger partial charge in [-0.2, -0.15) is 0 Å². The van der Waals surface area contributed by atoms with Crippen molar-refractivity contribution in [3.8, 4) is 0 Å². The third kappa shape index (κ3) is 4.31. The van der Waals surface area contributed by atoms with Crippen LogP contribution in [0.15, 0.2) is 77.7 Å². The van der Waals surface area contributed by atoms with Crippen molar-refractivity contribution in [1.29, 1.82) is 0 Å². The molecule has 178 valence electrons. The number of rotatable bonds is 6. The summed E-state index contributed by atoms with van der Waals surface area (Å²) in [6, 6.07) is 19.5. The van der Waals surface area contributed by atoms with Gasteiger partial charge >= 0.3 is 5.97 Å². The molecular formula is C26H28N2O5S. The van der Waals surface area contributed by atoms with Crippen molar-refractivity contribution in [3.63, 3.8) is 0 Å². The molecule has 3 atom stereocenters. The summed E-state index contributed by atoms with van der Waals surface area (Å²) in [5, 5.41) is 11.3. The quantitative estimate of drug-likeness (QED) is 0.559. The summed E-state index contributed by atoms with van der Waals surface area (Å²) in [6.07, 6.45) is 0.547. The highest BCUT2D eigenvalue weighted by molar-refractivity contribution is 7.93. The first-order valence-corrected chi connectivity index (χ1v) is 12.7. The number of benzene rings is 3. The number of nitrogens with zero attached hydrogens (tertiary/aromatic N) is 1. The van der Waals surface area contributed by atoms with E-state index in [1.54, 1.807) is 48.5 Å². The van der Waals surface area contributed by atoms with E-state index in [0.29, 0.717) is 17.4 Å². The predicted octanol–water partition coefficient (Wildman–Crippen LogP) is 3.22. The summed E-state index contributed by atoms with van der Waals surface area (Å²) >= 11 is 0. The number of sulfone groups is 1. The Kier molecular flexibility index (Phi) is 6.47. The van der Waals surface area contributed by atoms with Crippen molar-refractivity contribution < 1.29 is 23.1 Å². The number of hydrogen-bond donors (Lipinski definition) is 2. The fourth-order valence-corrected chi connectivity index (χ4v) is 6.25. The van der Waals surface area contributed by atoms with Crippen LogP contribution < -0.4 is 5.73 Å². The van der Waals surface area contributed by atoms with Gasteiger partial charge in [0.25, 0.3) is 5.91 Å². The fraction of sp³-hybridized carbons (Fsp3) is 0.308. The Morgan fingerprint density at radius 2 is 1.68 bits per heavy atom. The number of carboxylic acid groups (broad SMARTS) is 1. The zero-order valence-electron chi connectivity index (χ0n) is 18.9. The number of carboxylic acids is 1. The third-order valence-corrected chi connectivity index (χ3v) is 8.75. The van der Waals surface area contributed by atoms with Crippen LogP contribution in [0.3, 0.4) is 0 Å². The zero-order valence-corrected chi connectivity index (χ0v) is 19.7. The van der Waals surface area contributed by atoms with Gasteiger partial charge in [0.2, 0.25) is 14.7 Å². The lowest BCUT2D eigenvalue weighted by Crippen LogP contribution is -2.65. The summed E-state index contributed by atoms with van der Waals surface area (Å²) in [4.78, 5) is 24.6. The number of nitrogens with two attached hydrogens (primary N) is 1. The molecule has 0 radical (unpaired) electrons. The minimum absolute atomic E-state index is 0.0739. The van der Waals surface area contributed by atoms with E-state index >= 15 is 0 Å². The number of aliphatic carboxylic acids is 1. The predicted molar refractivity (Wildman–Crippen MR) is 130 cm³/mol. The van der Waals surface area contributed by atoms with Gasteiger partial charge in [-0.05, 0) is 47.2 Å². The molecule has 0 aliphatic carbocycles. The van der Waals surface area contributed by atoms with Gasteiger partial charge in [0.1, 0.15) is 6.04 Å². The van der Waals surface area contributed by atoms with Gasteiger partial charge in [0.05, 0.1) is 4.90 Å². The molecule has 3 N–H and O–H groups in total. The van der Waals surface area contributed by atoms with Crippen LogP contribution >= 0.6 is 0 Å². The van der Waals surface area contributed by atoms with Crippen LogP contribution in [-0.4, -0.2) is 47.8 Å². The number of likely N-dealkylation sites (tertiary alicyclic amines) is 1. The Balaban J connectivity index is 1.83. The normalized spacial score (nSPS) is 20.6. The highest BCUT2D eigenvalue weighted by Crippen LogP contribution is 2.33. The maximum Gasteiger partial charge on any atom is 0.326 e.